The molecule has 1 aromatic heterocycles. The molecule has 1 N–H and O–H groups in total. The molecule has 0 bridgehead atoms. The summed E-state index contributed by atoms with van der Waals surface area (Å²) in [7, 11) is 0. The van der Waals surface area contributed by atoms with Gasteiger partial charge in [0.1, 0.15) is 5.75 Å². The highest BCUT2D eigenvalue weighted by Crippen LogP contribution is 2.36. The molecular formula is C20H19N5O3. The lowest BCUT2D eigenvalue weighted by atomic mass is 10.1. The van der Waals surface area contributed by atoms with E-state index in [2.05, 4.69) is 22.6 Å². The van der Waals surface area contributed by atoms with Gasteiger partial charge >= 0.3 is 5.91 Å². The minimum absolute atomic E-state index is 0.0576. The summed E-state index contributed by atoms with van der Waals surface area (Å²) < 4.78 is 11.6. The molecule has 1 saturated heterocycles. The van der Waals surface area contributed by atoms with Crippen molar-refractivity contribution in [3.63, 3.8) is 0 Å². The first-order chi connectivity index (χ1) is 13.6. The first-order valence-corrected chi connectivity index (χ1v) is 9.21. The van der Waals surface area contributed by atoms with E-state index < -0.39 is 5.91 Å². The Morgan fingerprint density at radius 2 is 2.21 bits per heavy atom. The van der Waals surface area contributed by atoms with E-state index in [0.29, 0.717) is 35.6 Å². The molecule has 8 heteroatoms. The lowest BCUT2D eigenvalue weighted by molar-refractivity contribution is 0.0904. The number of nitrogens with zero attached hydrogens (tertiary/aromatic N) is 4. The van der Waals surface area contributed by atoms with E-state index in [9.17, 15) is 10.1 Å². The number of likely N-dealkylation sites (tertiary alicyclic amines) is 1. The molecular weight excluding hydrogens is 358 g/mol. The Morgan fingerprint density at radius 1 is 1.39 bits per heavy atom. The largest absolute Gasteiger partial charge is 0.490 e. The van der Waals surface area contributed by atoms with Crippen LogP contribution < -0.4 is 10.1 Å². The maximum atomic E-state index is 12.5. The molecule has 4 rings (SSSR count). The molecule has 0 radical (unpaired) electrons. The van der Waals surface area contributed by atoms with Crippen molar-refractivity contribution in [1.82, 2.24) is 15.2 Å². The summed E-state index contributed by atoms with van der Waals surface area (Å²) in [6, 6.07) is 7.15. The molecule has 2 atom stereocenters. The van der Waals surface area contributed by atoms with Crippen LogP contribution in [0.2, 0.25) is 0 Å². The minimum Gasteiger partial charge on any atom is -0.490 e. The van der Waals surface area contributed by atoms with Gasteiger partial charge in [-0.3, -0.25) is 4.79 Å². The quantitative estimate of drug-likeness (QED) is 0.796. The van der Waals surface area contributed by atoms with Gasteiger partial charge in [-0.25, -0.2) is 4.98 Å². The summed E-state index contributed by atoms with van der Waals surface area (Å²) in [5.41, 5.74) is 1.07. The lowest BCUT2D eigenvalue weighted by Crippen LogP contribution is -2.36. The Balaban J connectivity index is 1.52. The van der Waals surface area contributed by atoms with Crippen molar-refractivity contribution < 1.29 is 13.9 Å². The van der Waals surface area contributed by atoms with E-state index in [1.54, 1.807) is 23.1 Å². The molecule has 1 aliphatic carbocycles. The SMILES string of the molecule is CC1C[C@@H](NC(=O)c2ncc(-c3cc(C#N)ccc3OC3CC3)o2)CN1C#N. The fraction of sp³-hybridized carbons (Fsp3) is 0.400. The second-order valence-electron chi connectivity index (χ2n) is 7.18. The lowest BCUT2D eigenvalue weighted by Gasteiger charge is -2.11. The van der Waals surface area contributed by atoms with Gasteiger partial charge in [-0.2, -0.15) is 10.5 Å². The third-order valence-electron chi connectivity index (χ3n) is 4.93. The average Bonchev–Trinajstić information content (AvgIpc) is 3.24. The number of benzene rings is 1. The molecule has 1 aromatic carbocycles. The van der Waals surface area contributed by atoms with Gasteiger partial charge in [-0.1, -0.05) is 0 Å². The number of carbonyl (C=O) groups is 1. The smallest absolute Gasteiger partial charge is 0.307 e. The van der Waals surface area contributed by atoms with Crippen molar-refractivity contribution in [3.8, 4) is 29.3 Å². The second kappa shape index (κ2) is 7.24. The van der Waals surface area contributed by atoms with E-state index in [4.69, 9.17) is 14.4 Å². The maximum Gasteiger partial charge on any atom is 0.307 e. The van der Waals surface area contributed by atoms with Gasteiger partial charge < -0.3 is 19.4 Å². The van der Waals surface area contributed by atoms with Crippen molar-refractivity contribution in [1.29, 1.82) is 10.5 Å². The Morgan fingerprint density at radius 3 is 2.89 bits per heavy atom. The zero-order valence-electron chi connectivity index (χ0n) is 15.4. The van der Waals surface area contributed by atoms with Crippen molar-refractivity contribution in [2.24, 2.45) is 0 Å². The molecule has 1 unspecified atom stereocenters. The molecule has 2 aliphatic rings. The second-order valence-corrected chi connectivity index (χ2v) is 7.18. The number of hydrogen-bond acceptors (Lipinski definition) is 7. The molecule has 8 nitrogen and oxygen atoms in total. The van der Waals surface area contributed by atoms with Crippen LogP contribution >= 0.6 is 0 Å². The van der Waals surface area contributed by atoms with Gasteiger partial charge in [-0.15, -0.1) is 0 Å². The average molecular weight is 377 g/mol. The molecule has 2 heterocycles. The van der Waals surface area contributed by atoms with Crippen LogP contribution in [-0.2, 0) is 0 Å². The molecule has 28 heavy (non-hydrogen) atoms. The molecule has 0 spiro atoms. The number of nitrogens with one attached hydrogen (secondary N) is 1. The summed E-state index contributed by atoms with van der Waals surface area (Å²) in [4.78, 5) is 18.2. The van der Waals surface area contributed by atoms with Crippen LogP contribution in [0.4, 0.5) is 0 Å². The van der Waals surface area contributed by atoms with Gasteiger partial charge in [0.2, 0.25) is 0 Å². The van der Waals surface area contributed by atoms with Crippen LogP contribution in [0.5, 0.6) is 5.75 Å². The van der Waals surface area contributed by atoms with Gasteiger partial charge in [0.25, 0.3) is 5.89 Å². The van der Waals surface area contributed by atoms with Gasteiger partial charge in [0.15, 0.2) is 12.0 Å². The highest BCUT2D eigenvalue weighted by molar-refractivity contribution is 5.90. The van der Waals surface area contributed by atoms with E-state index >= 15 is 0 Å². The Bertz CT molecular complexity index is 982. The zero-order chi connectivity index (χ0) is 19.7. The molecule has 142 valence electrons. The monoisotopic (exact) mass is 377 g/mol. The van der Waals surface area contributed by atoms with E-state index in [1.807, 2.05) is 6.92 Å². The van der Waals surface area contributed by atoms with Gasteiger partial charge in [0.05, 0.1) is 29.5 Å². The van der Waals surface area contributed by atoms with Gasteiger partial charge in [-0.05, 0) is 44.4 Å². The van der Waals surface area contributed by atoms with Crippen LogP contribution in [-0.4, -0.2) is 40.5 Å². The standard InChI is InChI=1S/C20H19N5O3/c1-12-6-14(10-25(12)11-22)24-19(26)20-23-9-18(28-20)16-7-13(8-21)2-5-17(16)27-15-3-4-15/h2,5,7,9,12,14-15H,3-4,6,10H2,1H3,(H,24,26)/t12?,14-/m1/s1. The molecule has 2 aromatic rings. The molecule has 1 saturated carbocycles. The predicted octanol–water partition coefficient (Wildman–Crippen LogP) is 2.43. The molecule has 1 aliphatic heterocycles. The van der Waals surface area contributed by atoms with Crippen LogP contribution in [0, 0.1) is 22.8 Å². The van der Waals surface area contributed by atoms with Crippen molar-refractivity contribution >= 4 is 5.91 Å². The molecule has 1 amide bonds. The number of ether oxygens (including phenoxy) is 1. The fourth-order valence-corrected chi connectivity index (χ4v) is 3.29. The number of hydrogen-bond donors (Lipinski definition) is 1. The number of amides is 1. The third kappa shape index (κ3) is 3.63. The zero-order valence-corrected chi connectivity index (χ0v) is 15.4. The highest BCUT2D eigenvalue weighted by Gasteiger charge is 2.31. The van der Waals surface area contributed by atoms with Crippen LogP contribution in [0.1, 0.15) is 42.4 Å². The van der Waals surface area contributed by atoms with Crippen LogP contribution in [0.15, 0.2) is 28.8 Å². The topological polar surface area (TPSA) is 115 Å². The minimum atomic E-state index is -0.427. The van der Waals surface area contributed by atoms with E-state index in [-0.39, 0.29) is 24.1 Å². The van der Waals surface area contributed by atoms with Crippen molar-refractivity contribution in [2.45, 2.75) is 44.4 Å². The van der Waals surface area contributed by atoms with Crippen LogP contribution in [0.3, 0.4) is 0 Å². The highest BCUT2D eigenvalue weighted by atomic mass is 16.5. The van der Waals surface area contributed by atoms with E-state index in [0.717, 1.165) is 12.8 Å². The fourth-order valence-electron chi connectivity index (χ4n) is 3.29. The first kappa shape index (κ1) is 17.9. The normalized spacial score (nSPS) is 21.0. The van der Waals surface area contributed by atoms with Crippen molar-refractivity contribution in [3.05, 3.63) is 35.9 Å². The summed E-state index contributed by atoms with van der Waals surface area (Å²) in [5.74, 6) is 0.498. The number of rotatable bonds is 5. The van der Waals surface area contributed by atoms with Crippen molar-refractivity contribution in [2.75, 3.05) is 6.54 Å². The predicted molar refractivity (Wildman–Crippen MR) is 98.0 cm³/mol. The Labute approximate surface area is 162 Å². The Kier molecular flexibility index (Phi) is 4.62. The maximum absolute atomic E-state index is 12.5. The number of aromatic nitrogens is 1. The van der Waals surface area contributed by atoms with E-state index in [1.165, 1.54) is 6.20 Å². The summed E-state index contributed by atoms with van der Waals surface area (Å²) in [5, 5.41) is 21.1. The summed E-state index contributed by atoms with van der Waals surface area (Å²) in [6.45, 7) is 2.42. The number of nitriles is 2. The first-order valence-electron chi connectivity index (χ1n) is 9.21. The summed E-state index contributed by atoms with van der Waals surface area (Å²) in [6.07, 6.45) is 6.47. The number of carbonyl (C=O) groups excluding carboxylic acids is 1. The third-order valence-corrected chi connectivity index (χ3v) is 4.93. The number of oxazole rings is 1. The summed E-state index contributed by atoms with van der Waals surface area (Å²) >= 11 is 0. The van der Waals surface area contributed by atoms with Crippen LogP contribution in [0.25, 0.3) is 11.3 Å². The Hall–Kier alpha value is -3.52. The molecule has 2 fully saturated rings. The van der Waals surface area contributed by atoms with Gasteiger partial charge in [0, 0.05) is 18.6 Å².